The van der Waals surface area contributed by atoms with Crippen LogP contribution in [0.4, 0.5) is 5.69 Å². The molecule has 1 amide bonds. The maximum atomic E-state index is 12.0. The summed E-state index contributed by atoms with van der Waals surface area (Å²) < 4.78 is 7.21. The predicted octanol–water partition coefficient (Wildman–Crippen LogP) is 2.73. The number of ether oxygens (including phenoxy) is 1. The second-order valence-corrected chi connectivity index (χ2v) is 4.47. The summed E-state index contributed by atoms with van der Waals surface area (Å²) in [7, 11) is 0. The highest BCUT2D eigenvalue weighted by molar-refractivity contribution is 5.92. The van der Waals surface area contributed by atoms with Crippen molar-refractivity contribution in [2.24, 2.45) is 0 Å². The van der Waals surface area contributed by atoms with Crippen LogP contribution >= 0.6 is 0 Å². The monoisotopic (exact) mass is 286 g/mol. The number of amides is 1. The molecule has 0 unspecified atom stereocenters. The second kappa shape index (κ2) is 7.28. The Morgan fingerprint density at radius 1 is 1.29 bits per heavy atom. The summed E-state index contributed by atoms with van der Waals surface area (Å²) in [4.78, 5) is 22.8. The van der Waals surface area contributed by atoms with E-state index < -0.39 is 0 Å². The first-order chi connectivity index (χ1) is 10.2. The number of aryl methyl sites for hydroxylation is 1. The highest BCUT2D eigenvalue weighted by Gasteiger charge is 2.08. The number of carbonyl (C=O) groups is 2. The van der Waals surface area contributed by atoms with Crippen LogP contribution in [-0.4, -0.2) is 23.4 Å². The predicted molar refractivity (Wildman–Crippen MR) is 80.7 cm³/mol. The standard InChI is InChI=1S/C16H18N2O3/c1-2-21-15-8-4-3-7-14(15)17-16(20)9-11-18-10-5-6-13(18)12-19/h3-8,10,12H,2,9,11H2,1H3,(H,17,20). The SMILES string of the molecule is CCOc1ccccc1NC(=O)CCn1cccc1C=O. The summed E-state index contributed by atoms with van der Waals surface area (Å²) in [5.74, 6) is 0.538. The highest BCUT2D eigenvalue weighted by atomic mass is 16.5. The largest absolute Gasteiger partial charge is 0.492 e. The molecular weight excluding hydrogens is 268 g/mol. The summed E-state index contributed by atoms with van der Waals surface area (Å²) in [5.41, 5.74) is 1.23. The number of rotatable bonds is 7. The normalized spacial score (nSPS) is 10.1. The number of carbonyl (C=O) groups excluding carboxylic acids is 2. The number of anilines is 1. The molecule has 0 aliphatic carbocycles. The Labute approximate surface area is 123 Å². The average Bonchev–Trinajstić information content (AvgIpc) is 2.95. The molecule has 2 rings (SSSR count). The Morgan fingerprint density at radius 3 is 2.86 bits per heavy atom. The Bertz CT molecular complexity index is 619. The van der Waals surface area contributed by atoms with Crippen molar-refractivity contribution in [3.63, 3.8) is 0 Å². The Morgan fingerprint density at radius 2 is 2.10 bits per heavy atom. The van der Waals surface area contributed by atoms with E-state index in [9.17, 15) is 9.59 Å². The van der Waals surface area contributed by atoms with E-state index in [-0.39, 0.29) is 12.3 Å². The van der Waals surface area contributed by atoms with Crippen LogP contribution in [0, 0.1) is 0 Å². The number of hydrogen-bond donors (Lipinski definition) is 1. The van der Waals surface area contributed by atoms with E-state index >= 15 is 0 Å². The van der Waals surface area contributed by atoms with Crippen LogP contribution in [0.2, 0.25) is 0 Å². The zero-order valence-corrected chi connectivity index (χ0v) is 11.9. The number of hydrogen-bond acceptors (Lipinski definition) is 3. The van der Waals surface area contributed by atoms with E-state index in [1.165, 1.54) is 0 Å². The van der Waals surface area contributed by atoms with Crippen molar-refractivity contribution in [3.05, 3.63) is 48.3 Å². The maximum absolute atomic E-state index is 12.0. The van der Waals surface area contributed by atoms with E-state index in [0.29, 0.717) is 30.3 Å². The Balaban J connectivity index is 1.94. The number of aromatic nitrogens is 1. The van der Waals surface area contributed by atoms with Gasteiger partial charge >= 0.3 is 0 Å². The molecule has 0 aliphatic rings. The molecule has 1 aromatic carbocycles. The molecule has 0 radical (unpaired) electrons. The topological polar surface area (TPSA) is 60.3 Å². The minimum atomic E-state index is -0.118. The van der Waals surface area contributed by atoms with Gasteiger partial charge in [-0.05, 0) is 31.2 Å². The van der Waals surface area contributed by atoms with E-state index in [1.54, 1.807) is 29.0 Å². The first-order valence-corrected chi connectivity index (χ1v) is 6.86. The molecule has 1 aromatic heterocycles. The molecule has 0 atom stereocenters. The Kier molecular flexibility index (Phi) is 5.15. The zero-order chi connectivity index (χ0) is 15.1. The number of nitrogens with one attached hydrogen (secondary N) is 1. The van der Waals surface area contributed by atoms with E-state index in [2.05, 4.69) is 5.32 Å². The Hall–Kier alpha value is -2.56. The van der Waals surface area contributed by atoms with E-state index in [0.717, 1.165) is 6.29 Å². The number of para-hydroxylation sites is 2. The molecule has 0 saturated carbocycles. The molecule has 21 heavy (non-hydrogen) atoms. The summed E-state index contributed by atoms with van der Waals surface area (Å²) in [6.07, 6.45) is 2.85. The summed E-state index contributed by atoms with van der Waals surface area (Å²) in [5, 5.41) is 2.83. The molecule has 1 heterocycles. The summed E-state index contributed by atoms with van der Waals surface area (Å²) >= 11 is 0. The lowest BCUT2D eigenvalue weighted by molar-refractivity contribution is -0.116. The van der Waals surface area contributed by atoms with E-state index in [4.69, 9.17) is 4.74 Å². The molecule has 0 bridgehead atoms. The van der Waals surface area contributed by atoms with Crippen molar-refractivity contribution >= 4 is 17.9 Å². The summed E-state index contributed by atoms with van der Waals surface area (Å²) in [6, 6.07) is 10.8. The van der Waals surface area contributed by atoms with Gasteiger partial charge in [0.1, 0.15) is 5.75 Å². The molecule has 1 N–H and O–H groups in total. The van der Waals surface area contributed by atoms with E-state index in [1.807, 2.05) is 25.1 Å². The third-order valence-electron chi connectivity index (χ3n) is 3.03. The van der Waals surface area contributed by atoms with Crippen molar-refractivity contribution in [1.82, 2.24) is 4.57 Å². The van der Waals surface area contributed by atoms with Gasteiger partial charge in [-0.3, -0.25) is 9.59 Å². The lowest BCUT2D eigenvalue weighted by Gasteiger charge is -2.11. The van der Waals surface area contributed by atoms with Crippen molar-refractivity contribution in [2.45, 2.75) is 19.9 Å². The van der Waals surface area contributed by atoms with Crippen LogP contribution in [0.3, 0.4) is 0 Å². The van der Waals surface area contributed by atoms with Crippen molar-refractivity contribution < 1.29 is 14.3 Å². The van der Waals surface area contributed by atoms with Crippen molar-refractivity contribution in [2.75, 3.05) is 11.9 Å². The van der Waals surface area contributed by atoms with Gasteiger partial charge in [0.05, 0.1) is 18.0 Å². The van der Waals surface area contributed by atoms with Crippen molar-refractivity contribution in [1.29, 1.82) is 0 Å². The van der Waals surface area contributed by atoms with Gasteiger partial charge in [-0.25, -0.2) is 0 Å². The molecule has 0 fully saturated rings. The third-order valence-corrected chi connectivity index (χ3v) is 3.03. The number of nitrogens with zero attached hydrogens (tertiary/aromatic N) is 1. The van der Waals surface area contributed by atoms with Crippen LogP contribution in [0.15, 0.2) is 42.6 Å². The molecule has 0 aliphatic heterocycles. The molecule has 0 saturated heterocycles. The molecule has 110 valence electrons. The minimum Gasteiger partial charge on any atom is -0.492 e. The fraction of sp³-hybridized carbons (Fsp3) is 0.250. The minimum absolute atomic E-state index is 0.118. The fourth-order valence-electron chi connectivity index (χ4n) is 2.02. The van der Waals surface area contributed by atoms with Gasteiger partial charge in [-0.1, -0.05) is 12.1 Å². The summed E-state index contributed by atoms with van der Waals surface area (Å²) in [6.45, 7) is 2.90. The average molecular weight is 286 g/mol. The van der Waals surface area contributed by atoms with Gasteiger partial charge in [-0.15, -0.1) is 0 Å². The van der Waals surface area contributed by atoms with Gasteiger partial charge in [0.25, 0.3) is 0 Å². The first kappa shape index (κ1) is 14.8. The second-order valence-electron chi connectivity index (χ2n) is 4.47. The first-order valence-electron chi connectivity index (χ1n) is 6.86. The van der Waals surface area contributed by atoms with Crippen LogP contribution in [0.25, 0.3) is 0 Å². The van der Waals surface area contributed by atoms with Gasteiger partial charge < -0.3 is 14.6 Å². The van der Waals surface area contributed by atoms with Gasteiger partial charge in [-0.2, -0.15) is 0 Å². The van der Waals surface area contributed by atoms with Crippen LogP contribution in [0.1, 0.15) is 23.8 Å². The van der Waals surface area contributed by atoms with Gasteiger partial charge in [0, 0.05) is 19.2 Å². The zero-order valence-electron chi connectivity index (χ0n) is 11.9. The van der Waals surface area contributed by atoms with Crippen LogP contribution < -0.4 is 10.1 Å². The van der Waals surface area contributed by atoms with Crippen LogP contribution in [0.5, 0.6) is 5.75 Å². The quantitative estimate of drug-likeness (QED) is 0.796. The number of benzene rings is 1. The maximum Gasteiger partial charge on any atom is 0.226 e. The van der Waals surface area contributed by atoms with Crippen LogP contribution in [-0.2, 0) is 11.3 Å². The lowest BCUT2D eigenvalue weighted by atomic mass is 10.2. The molecule has 2 aromatic rings. The van der Waals surface area contributed by atoms with Gasteiger partial charge in [0.15, 0.2) is 6.29 Å². The molecule has 5 nitrogen and oxygen atoms in total. The van der Waals surface area contributed by atoms with Gasteiger partial charge in [0.2, 0.25) is 5.91 Å². The highest BCUT2D eigenvalue weighted by Crippen LogP contribution is 2.23. The molecule has 5 heteroatoms. The number of aldehydes is 1. The third kappa shape index (κ3) is 3.95. The molecular formula is C16H18N2O3. The fourth-order valence-corrected chi connectivity index (χ4v) is 2.02. The molecule has 0 spiro atoms. The smallest absolute Gasteiger partial charge is 0.226 e. The van der Waals surface area contributed by atoms with Crippen molar-refractivity contribution in [3.8, 4) is 5.75 Å². The lowest BCUT2D eigenvalue weighted by Crippen LogP contribution is -2.15.